The number of hydrogen-bond donors (Lipinski definition) is 1. The maximum Gasteiger partial charge on any atom is 0.161 e. The van der Waals surface area contributed by atoms with E-state index in [-0.39, 0.29) is 0 Å². The molecule has 2 N–H and O–H groups in total. The molecule has 4 rings (SSSR count). The molecule has 4 nitrogen and oxygen atoms in total. The standard InChI is InChI=1S/C23H26N2O2/c1-26-21-13-15(11-12-24)18(14-22(21)27-2)23-16-7-3-5-9-19(16)25-20-10-6-4-8-17(20)23/h3,5,7,9,13-14H,4,6,8,10-12,24H2,1-2H3. The van der Waals surface area contributed by atoms with E-state index in [1.807, 2.05) is 0 Å². The van der Waals surface area contributed by atoms with Crippen LogP contribution >= 0.6 is 0 Å². The first kappa shape index (κ1) is 17.8. The van der Waals surface area contributed by atoms with Crippen LogP contribution in [0.2, 0.25) is 0 Å². The van der Waals surface area contributed by atoms with Gasteiger partial charge in [-0.15, -0.1) is 0 Å². The molecule has 0 unspecified atom stereocenters. The Hall–Kier alpha value is -2.59. The van der Waals surface area contributed by atoms with Crippen LogP contribution in [-0.4, -0.2) is 25.7 Å². The molecular formula is C23H26N2O2. The summed E-state index contributed by atoms with van der Waals surface area (Å²) in [4.78, 5) is 4.97. The Balaban J connectivity index is 2.07. The predicted octanol–water partition coefficient (Wildman–Crippen LogP) is 4.30. The van der Waals surface area contributed by atoms with E-state index < -0.39 is 0 Å². The van der Waals surface area contributed by atoms with Gasteiger partial charge in [-0.2, -0.15) is 0 Å². The van der Waals surface area contributed by atoms with E-state index in [9.17, 15) is 0 Å². The molecule has 0 fully saturated rings. The molecule has 2 aromatic carbocycles. The summed E-state index contributed by atoms with van der Waals surface area (Å²) in [6.07, 6.45) is 5.33. The van der Waals surface area contributed by atoms with Crippen LogP contribution in [0.3, 0.4) is 0 Å². The summed E-state index contributed by atoms with van der Waals surface area (Å²) in [6.45, 7) is 0.591. The quantitative estimate of drug-likeness (QED) is 0.735. The fourth-order valence-electron chi connectivity index (χ4n) is 4.20. The second-order valence-electron chi connectivity index (χ2n) is 7.04. The lowest BCUT2D eigenvalue weighted by Crippen LogP contribution is -2.10. The van der Waals surface area contributed by atoms with Crippen LogP contribution in [0.25, 0.3) is 22.0 Å². The highest BCUT2D eigenvalue weighted by atomic mass is 16.5. The van der Waals surface area contributed by atoms with Crippen molar-refractivity contribution < 1.29 is 9.47 Å². The van der Waals surface area contributed by atoms with Gasteiger partial charge in [-0.3, -0.25) is 4.98 Å². The Labute approximate surface area is 160 Å². The summed E-state index contributed by atoms with van der Waals surface area (Å²) in [7, 11) is 3.36. The predicted molar refractivity (Wildman–Crippen MR) is 110 cm³/mol. The first-order valence-electron chi connectivity index (χ1n) is 9.62. The van der Waals surface area contributed by atoms with E-state index in [4.69, 9.17) is 20.2 Å². The zero-order valence-electron chi connectivity index (χ0n) is 16.0. The van der Waals surface area contributed by atoms with E-state index in [0.29, 0.717) is 6.54 Å². The summed E-state index contributed by atoms with van der Waals surface area (Å²) < 4.78 is 11.2. The number of fused-ring (bicyclic) bond motifs is 2. The highest BCUT2D eigenvalue weighted by Gasteiger charge is 2.22. The van der Waals surface area contributed by atoms with Crippen molar-refractivity contribution in [1.82, 2.24) is 4.98 Å². The minimum atomic E-state index is 0.591. The van der Waals surface area contributed by atoms with Gasteiger partial charge in [-0.25, -0.2) is 0 Å². The molecule has 0 amide bonds. The fraction of sp³-hybridized carbons (Fsp3) is 0.348. The molecule has 0 bridgehead atoms. The number of para-hydroxylation sites is 1. The fourth-order valence-corrected chi connectivity index (χ4v) is 4.20. The molecule has 3 aromatic rings. The first-order chi connectivity index (χ1) is 13.3. The number of methoxy groups -OCH3 is 2. The number of aromatic nitrogens is 1. The largest absolute Gasteiger partial charge is 0.493 e. The molecule has 140 valence electrons. The molecule has 1 heterocycles. The van der Waals surface area contributed by atoms with Gasteiger partial charge in [0.1, 0.15) is 0 Å². The van der Waals surface area contributed by atoms with Gasteiger partial charge in [0.05, 0.1) is 19.7 Å². The highest BCUT2D eigenvalue weighted by Crippen LogP contribution is 2.42. The Morgan fingerprint density at radius 3 is 2.52 bits per heavy atom. The van der Waals surface area contributed by atoms with Gasteiger partial charge in [-0.05, 0) is 79.1 Å². The first-order valence-corrected chi connectivity index (χ1v) is 9.62. The number of pyridine rings is 1. The van der Waals surface area contributed by atoms with Gasteiger partial charge < -0.3 is 15.2 Å². The molecular weight excluding hydrogens is 336 g/mol. The van der Waals surface area contributed by atoms with Crippen molar-refractivity contribution in [2.24, 2.45) is 5.73 Å². The molecule has 1 aliphatic carbocycles. The second kappa shape index (κ2) is 7.57. The summed E-state index contributed by atoms with van der Waals surface area (Å²) >= 11 is 0. The molecule has 0 radical (unpaired) electrons. The maximum atomic E-state index is 5.94. The zero-order valence-corrected chi connectivity index (χ0v) is 16.0. The zero-order chi connectivity index (χ0) is 18.8. The summed E-state index contributed by atoms with van der Waals surface area (Å²) in [6, 6.07) is 12.6. The molecule has 1 aliphatic rings. The normalized spacial score (nSPS) is 13.4. The van der Waals surface area contributed by atoms with Crippen molar-refractivity contribution >= 4 is 10.9 Å². The molecule has 1 aromatic heterocycles. The average Bonchev–Trinajstić information content (AvgIpc) is 2.72. The molecule has 27 heavy (non-hydrogen) atoms. The van der Waals surface area contributed by atoms with Crippen LogP contribution in [0.1, 0.15) is 29.7 Å². The number of ether oxygens (including phenoxy) is 2. The Kier molecular flexibility index (Phi) is 4.99. The third kappa shape index (κ3) is 3.15. The summed E-state index contributed by atoms with van der Waals surface area (Å²) in [5.41, 5.74) is 13.3. The van der Waals surface area contributed by atoms with Crippen molar-refractivity contribution in [3.05, 3.63) is 53.2 Å². The second-order valence-corrected chi connectivity index (χ2v) is 7.04. The number of aryl methyl sites for hydroxylation is 1. The van der Waals surface area contributed by atoms with E-state index in [2.05, 4.69) is 36.4 Å². The van der Waals surface area contributed by atoms with E-state index in [0.717, 1.165) is 36.3 Å². The van der Waals surface area contributed by atoms with Gasteiger partial charge in [0, 0.05) is 11.1 Å². The van der Waals surface area contributed by atoms with Gasteiger partial charge in [0.15, 0.2) is 11.5 Å². The number of benzene rings is 2. The molecule has 0 saturated heterocycles. The van der Waals surface area contributed by atoms with Crippen molar-refractivity contribution in [3.8, 4) is 22.6 Å². The maximum absolute atomic E-state index is 5.94. The van der Waals surface area contributed by atoms with Crippen LogP contribution in [0, 0.1) is 0 Å². The van der Waals surface area contributed by atoms with Crippen LogP contribution < -0.4 is 15.2 Å². The van der Waals surface area contributed by atoms with Gasteiger partial charge in [-0.1, -0.05) is 18.2 Å². The average molecular weight is 362 g/mol. The summed E-state index contributed by atoms with van der Waals surface area (Å²) in [5, 5.41) is 1.20. The smallest absolute Gasteiger partial charge is 0.161 e. The van der Waals surface area contributed by atoms with Crippen molar-refractivity contribution in [2.75, 3.05) is 20.8 Å². The molecule has 4 heteroatoms. The number of nitrogens with zero attached hydrogens (tertiary/aromatic N) is 1. The van der Waals surface area contributed by atoms with Crippen LogP contribution in [0.5, 0.6) is 11.5 Å². The lowest BCUT2D eigenvalue weighted by atomic mass is 9.84. The molecule has 0 atom stereocenters. The lowest BCUT2D eigenvalue weighted by Gasteiger charge is -2.23. The van der Waals surface area contributed by atoms with Gasteiger partial charge in [0.25, 0.3) is 0 Å². The van der Waals surface area contributed by atoms with E-state index >= 15 is 0 Å². The number of hydrogen-bond acceptors (Lipinski definition) is 4. The lowest BCUT2D eigenvalue weighted by molar-refractivity contribution is 0.354. The van der Waals surface area contributed by atoms with E-state index in [1.54, 1.807) is 14.2 Å². The monoisotopic (exact) mass is 362 g/mol. The highest BCUT2D eigenvalue weighted by molar-refractivity contribution is 5.98. The topological polar surface area (TPSA) is 57.4 Å². The Morgan fingerprint density at radius 1 is 1.00 bits per heavy atom. The molecule has 0 saturated carbocycles. The van der Waals surface area contributed by atoms with Crippen molar-refractivity contribution in [2.45, 2.75) is 32.1 Å². The van der Waals surface area contributed by atoms with Crippen molar-refractivity contribution in [1.29, 1.82) is 0 Å². The van der Waals surface area contributed by atoms with Crippen LogP contribution in [-0.2, 0) is 19.3 Å². The Bertz CT molecular complexity index is 982. The van der Waals surface area contributed by atoms with Gasteiger partial charge >= 0.3 is 0 Å². The SMILES string of the molecule is COc1cc(CCN)c(-c2c3c(nc4ccccc24)CCCC3)cc1OC. The number of nitrogens with two attached hydrogens (primary N) is 1. The third-order valence-corrected chi connectivity index (χ3v) is 5.46. The Morgan fingerprint density at radius 2 is 1.74 bits per heavy atom. The summed E-state index contributed by atoms with van der Waals surface area (Å²) in [5.74, 6) is 1.50. The third-order valence-electron chi connectivity index (χ3n) is 5.46. The van der Waals surface area contributed by atoms with Crippen molar-refractivity contribution in [3.63, 3.8) is 0 Å². The molecule has 0 aliphatic heterocycles. The van der Waals surface area contributed by atoms with Crippen LogP contribution in [0.15, 0.2) is 36.4 Å². The minimum Gasteiger partial charge on any atom is -0.493 e. The minimum absolute atomic E-state index is 0.591. The molecule has 0 spiro atoms. The number of rotatable bonds is 5. The van der Waals surface area contributed by atoms with Crippen LogP contribution in [0.4, 0.5) is 0 Å². The van der Waals surface area contributed by atoms with E-state index in [1.165, 1.54) is 46.2 Å². The van der Waals surface area contributed by atoms with Gasteiger partial charge in [0.2, 0.25) is 0 Å².